The number of carbonyl (C=O) groups is 3. The summed E-state index contributed by atoms with van der Waals surface area (Å²) in [7, 11) is 0. The first kappa shape index (κ1) is 17.0. The summed E-state index contributed by atoms with van der Waals surface area (Å²) in [4.78, 5) is 39.7. The lowest BCUT2D eigenvalue weighted by atomic mass is 9.80. The first-order chi connectivity index (χ1) is 11.5. The second-order valence-corrected chi connectivity index (χ2v) is 7.60. The van der Waals surface area contributed by atoms with E-state index in [0.717, 1.165) is 41.0 Å². The number of hydrogen-bond acceptors (Lipinski definition) is 4. The van der Waals surface area contributed by atoms with Crippen molar-refractivity contribution in [1.29, 1.82) is 0 Å². The second-order valence-electron chi connectivity index (χ2n) is 6.60. The van der Waals surface area contributed by atoms with Gasteiger partial charge in [0.15, 0.2) is 0 Å². The number of nitrogens with zero attached hydrogens (tertiary/aromatic N) is 1. The molecule has 0 unspecified atom stereocenters. The van der Waals surface area contributed by atoms with Gasteiger partial charge in [0.25, 0.3) is 5.91 Å². The Bertz CT molecular complexity index is 672. The molecule has 2 heterocycles. The number of rotatable bonds is 5. The van der Waals surface area contributed by atoms with Crippen molar-refractivity contribution in [2.24, 2.45) is 0 Å². The molecule has 0 bridgehead atoms. The van der Waals surface area contributed by atoms with E-state index < -0.39 is 11.6 Å². The molecular weight excluding hydrogens is 326 g/mol. The predicted octanol–water partition coefficient (Wildman–Crippen LogP) is 2.14. The SMILES string of the molecule is CCC[C@@H](C)NC(=O)CN1C(=O)N[C@]2(CCCc3sccc32)C1=O. The van der Waals surface area contributed by atoms with Gasteiger partial charge in [0.2, 0.25) is 5.91 Å². The maximum atomic E-state index is 13.0. The molecule has 130 valence electrons. The molecule has 24 heavy (non-hydrogen) atoms. The lowest BCUT2D eigenvalue weighted by Crippen LogP contribution is -2.47. The average Bonchev–Trinajstić information content (AvgIpc) is 3.09. The number of fused-ring (bicyclic) bond motifs is 2. The van der Waals surface area contributed by atoms with Crippen LogP contribution in [0.4, 0.5) is 4.79 Å². The van der Waals surface area contributed by atoms with Gasteiger partial charge in [0.1, 0.15) is 12.1 Å². The first-order valence-corrected chi connectivity index (χ1v) is 9.36. The normalized spacial score (nSPS) is 24.0. The van der Waals surface area contributed by atoms with Gasteiger partial charge in [-0.1, -0.05) is 13.3 Å². The van der Waals surface area contributed by atoms with Crippen molar-refractivity contribution in [3.8, 4) is 0 Å². The van der Waals surface area contributed by atoms with Crippen molar-refractivity contribution in [2.75, 3.05) is 6.54 Å². The Labute approximate surface area is 145 Å². The fraction of sp³-hybridized carbons (Fsp3) is 0.588. The molecule has 1 aliphatic carbocycles. The van der Waals surface area contributed by atoms with E-state index in [0.29, 0.717) is 6.42 Å². The zero-order valence-corrected chi connectivity index (χ0v) is 14.9. The fourth-order valence-corrected chi connectivity index (χ4v) is 4.65. The molecule has 6 nitrogen and oxygen atoms in total. The zero-order valence-electron chi connectivity index (χ0n) is 14.1. The van der Waals surface area contributed by atoms with Gasteiger partial charge in [-0.25, -0.2) is 4.79 Å². The zero-order chi connectivity index (χ0) is 17.3. The van der Waals surface area contributed by atoms with Gasteiger partial charge in [0.05, 0.1) is 0 Å². The number of aryl methyl sites for hydroxylation is 1. The molecule has 3 rings (SSSR count). The van der Waals surface area contributed by atoms with E-state index in [4.69, 9.17) is 0 Å². The molecule has 1 fully saturated rings. The van der Waals surface area contributed by atoms with Crippen LogP contribution < -0.4 is 10.6 Å². The highest BCUT2D eigenvalue weighted by molar-refractivity contribution is 7.10. The fourth-order valence-electron chi connectivity index (χ4n) is 3.65. The molecule has 0 saturated carbocycles. The average molecular weight is 349 g/mol. The van der Waals surface area contributed by atoms with Crippen LogP contribution in [0.5, 0.6) is 0 Å². The van der Waals surface area contributed by atoms with Gasteiger partial charge in [-0.3, -0.25) is 14.5 Å². The van der Waals surface area contributed by atoms with Gasteiger partial charge < -0.3 is 10.6 Å². The quantitative estimate of drug-likeness (QED) is 0.800. The van der Waals surface area contributed by atoms with E-state index >= 15 is 0 Å². The van der Waals surface area contributed by atoms with Crippen molar-refractivity contribution >= 4 is 29.2 Å². The lowest BCUT2D eigenvalue weighted by molar-refractivity contribution is -0.135. The van der Waals surface area contributed by atoms with E-state index in [1.54, 1.807) is 11.3 Å². The van der Waals surface area contributed by atoms with Crippen LogP contribution in [0, 0.1) is 0 Å². The molecule has 2 atom stereocenters. The van der Waals surface area contributed by atoms with E-state index in [-0.39, 0.29) is 24.4 Å². The Morgan fingerprint density at radius 2 is 2.29 bits per heavy atom. The van der Waals surface area contributed by atoms with Crippen LogP contribution in [0.2, 0.25) is 0 Å². The summed E-state index contributed by atoms with van der Waals surface area (Å²) in [6.45, 7) is 3.75. The van der Waals surface area contributed by atoms with Crippen molar-refractivity contribution < 1.29 is 14.4 Å². The first-order valence-electron chi connectivity index (χ1n) is 8.48. The molecule has 1 aromatic heterocycles. The largest absolute Gasteiger partial charge is 0.352 e. The van der Waals surface area contributed by atoms with Crippen molar-refractivity contribution in [3.05, 3.63) is 21.9 Å². The molecule has 0 radical (unpaired) electrons. The molecule has 1 aliphatic heterocycles. The van der Waals surface area contributed by atoms with E-state index in [2.05, 4.69) is 10.6 Å². The summed E-state index contributed by atoms with van der Waals surface area (Å²) >= 11 is 1.62. The molecule has 4 amide bonds. The number of hydrogen-bond donors (Lipinski definition) is 2. The van der Waals surface area contributed by atoms with Crippen LogP contribution in [0.25, 0.3) is 0 Å². The van der Waals surface area contributed by atoms with Crippen LogP contribution in [-0.2, 0) is 21.5 Å². The lowest BCUT2D eigenvalue weighted by Gasteiger charge is -2.31. The van der Waals surface area contributed by atoms with Crippen molar-refractivity contribution in [2.45, 2.75) is 57.5 Å². The van der Waals surface area contributed by atoms with Crippen molar-refractivity contribution in [3.63, 3.8) is 0 Å². The number of thiophene rings is 1. The Balaban J connectivity index is 1.75. The molecule has 7 heteroatoms. The summed E-state index contributed by atoms with van der Waals surface area (Å²) < 4.78 is 0. The number of carbonyl (C=O) groups excluding carboxylic acids is 3. The standard InChI is InChI=1S/C17H23N3O3S/c1-3-5-11(2)18-14(21)10-20-15(22)17(19-16(20)23)8-4-6-13-12(17)7-9-24-13/h7,9,11H,3-6,8,10H2,1-2H3,(H,18,21)(H,19,23)/t11-,17+/m1/s1. The van der Waals surface area contributed by atoms with Crippen molar-refractivity contribution in [1.82, 2.24) is 15.5 Å². The van der Waals surface area contributed by atoms with Gasteiger partial charge in [0, 0.05) is 16.5 Å². The minimum Gasteiger partial charge on any atom is -0.352 e. The monoisotopic (exact) mass is 349 g/mol. The third-order valence-corrected chi connectivity index (χ3v) is 5.75. The minimum atomic E-state index is -0.972. The Morgan fingerprint density at radius 1 is 1.50 bits per heavy atom. The molecule has 2 N–H and O–H groups in total. The summed E-state index contributed by atoms with van der Waals surface area (Å²) in [6.07, 6.45) is 4.22. The number of urea groups is 1. The minimum absolute atomic E-state index is 0.0374. The molecule has 2 aliphatic rings. The third kappa shape index (κ3) is 2.81. The van der Waals surface area contributed by atoms with Gasteiger partial charge in [-0.05, 0) is 44.1 Å². The van der Waals surface area contributed by atoms with Crippen LogP contribution in [0.15, 0.2) is 11.4 Å². The van der Waals surface area contributed by atoms with Gasteiger partial charge >= 0.3 is 6.03 Å². The van der Waals surface area contributed by atoms with Crippen LogP contribution in [0.1, 0.15) is 50.0 Å². The van der Waals surface area contributed by atoms with Gasteiger partial charge in [-0.2, -0.15) is 0 Å². The Morgan fingerprint density at radius 3 is 3.04 bits per heavy atom. The van der Waals surface area contributed by atoms with Crippen LogP contribution in [-0.4, -0.2) is 35.3 Å². The Hall–Kier alpha value is -1.89. The summed E-state index contributed by atoms with van der Waals surface area (Å²) in [6, 6.07) is 1.48. The summed E-state index contributed by atoms with van der Waals surface area (Å²) in [5.74, 6) is -0.594. The summed E-state index contributed by atoms with van der Waals surface area (Å²) in [5.41, 5.74) is -0.0701. The molecular formula is C17H23N3O3S. The highest BCUT2D eigenvalue weighted by Crippen LogP contribution is 2.41. The van der Waals surface area contributed by atoms with E-state index in [1.807, 2.05) is 25.3 Å². The molecule has 0 aromatic carbocycles. The maximum Gasteiger partial charge on any atom is 0.325 e. The predicted molar refractivity (Wildman–Crippen MR) is 91.7 cm³/mol. The second kappa shape index (κ2) is 6.55. The van der Waals surface area contributed by atoms with Crippen LogP contribution in [0.3, 0.4) is 0 Å². The Kier molecular flexibility index (Phi) is 4.62. The molecule has 1 spiro atoms. The topological polar surface area (TPSA) is 78.5 Å². The molecule has 1 saturated heterocycles. The number of imide groups is 1. The number of amides is 4. The van der Waals surface area contributed by atoms with Crippen LogP contribution >= 0.6 is 11.3 Å². The maximum absolute atomic E-state index is 13.0. The molecule has 1 aromatic rings. The van der Waals surface area contributed by atoms with E-state index in [1.165, 1.54) is 0 Å². The van der Waals surface area contributed by atoms with E-state index in [9.17, 15) is 14.4 Å². The highest BCUT2D eigenvalue weighted by atomic mass is 32.1. The number of nitrogens with one attached hydrogen (secondary N) is 2. The highest BCUT2D eigenvalue weighted by Gasteiger charge is 2.54. The third-order valence-electron chi connectivity index (χ3n) is 4.77. The van der Waals surface area contributed by atoms with Gasteiger partial charge in [-0.15, -0.1) is 11.3 Å². The summed E-state index contributed by atoms with van der Waals surface area (Å²) in [5, 5.41) is 7.66. The smallest absolute Gasteiger partial charge is 0.325 e.